The van der Waals surface area contributed by atoms with E-state index in [1.165, 1.54) is 11.1 Å². The van der Waals surface area contributed by atoms with Gasteiger partial charge in [0.2, 0.25) is 0 Å². The number of hydrogen-bond acceptors (Lipinski definition) is 8. The average molecular weight is 631 g/mol. The van der Waals surface area contributed by atoms with Crippen molar-refractivity contribution < 1.29 is 9.84 Å². The lowest BCUT2D eigenvalue weighted by Crippen LogP contribution is -2.38. The molecule has 5 aromatic rings. The Kier molecular flexibility index (Phi) is 12.7. The van der Waals surface area contributed by atoms with Crippen molar-refractivity contribution in [2.75, 3.05) is 56.6 Å². The fourth-order valence-corrected chi connectivity index (χ4v) is 5.29. The van der Waals surface area contributed by atoms with Crippen LogP contribution in [0.25, 0.3) is 0 Å². The van der Waals surface area contributed by atoms with Gasteiger partial charge in [-0.15, -0.1) is 0 Å². The van der Waals surface area contributed by atoms with Crippen LogP contribution in [0, 0.1) is 0 Å². The molecule has 2 N–H and O–H groups in total. The van der Waals surface area contributed by atoms with Gasteiger partial charge >= 0.3 is 0 Å². The monoisotopic (exact) mass is 630 g/mol. The molecule has 244 valence electrons. The molecule has 1 atom stereocenters. The van der Waals surface area contributed by atoms with Gasteiger partial charge in [-0.25, -0.2) is 9.97 Å². The first-order valence-electron chi connectivity index (χ1n) is 16.2. The molecule has 2 heterocycles. The average Bonchev–Trinajstić information content (AvgIpc) is 3.13. The van der Waals surface area contributed by atoms with Gasteiger partial charge in [-0.1, -0.05) is 78.9 Å². The van der Waals surface area contributed by atoms with E-state index in [2.05, 4.69) is 68.3 Å². The van der Waals surface area contributed by atoms with Crippen LogP contribution in [0.5, 0.6) is 5.75 Å². The lowest BCUT2D eigenvalue weighted by atomic mass is 10.1. The molecule has 8 nitrogen and oxygen atoms in total. The highest BCUT2D eigenvalue weighted by Crippen LogP contribution is 2.20. The van der Waals surface area contributed by atoms with Gasteiger partial charge in [-0.3, -0.25) is 4.90 Å². The Morgan fingerprint density at radius 1 is 0.660 bits per heavy atom. The predicted octanol–water partition coefficient (Wildman–Crippen LogP) is 5.95. The quantitative estimate of drug-likeness (QED) is 0.123. The summed E-state index contributed by atoms with van der Waals surface area (Å²) in [6, 6.07) is 38.6. The first-order chi connectivity index (χ1) is 23.0. The summed E-state index contributed by atoms with van der Waals surface area (Å²) in [5.41, 5.74) is 4.39. The van der Waals surface area contributed by atoms with Crippen LogP contribution < -0.4 is 19.9 Å². The Bertz CT molecular complexity index is 1540. The maximum absolute atomic E-state index is 10.8. The highest BCUT2D eigenvalue weighted by atomic mass is 16.5. The Hall–Kier alpha value is -4.76. The molecular weight excluding hydrogens is 584 g/mol. The van der Waals surface area contributed by atoms with Crippen molar-refractivity contribution in [2.24, 2.45) is 0 Å². The van der Waals surface area contributed by atoms with E-state index in [-0.39, 0.29) is 0 Å². The third-order valence-corrected chi connectivity index (χ3v) is 8.17. The first-order valence-corrected chi connectivity index (χ1v) is 16.2. The standard InChI is InChI=1S/C39H46N6O2/c1-43(38-15-6-8-21-41-38)23-25-45(26-24-44(2)39-16-7-9-22-42-39)30-33-19-17-32(18-20-33)28-40-29-37(46)35-13-10-14-36(27-35)47-31-34-11-4-3-5-12-34/h3-22,27,37,40,46H,23-26,28-31H2,1-2H3. The van der Waals surface area contributed by atoms with E-state index in [1.54, 1.807) is 0 Å². The summed E-state index contributed by atoms with van der Waals surface area (Å²) in [6.45, 7) is 6.03. The van der Waals surface area contributed by atoms with Crippen LogP contribution in [0.15, 0.2) is 128 Å². The molecular formula is C39H46N6O2. The number of pyridine rings is 2. The molecule has 0 bridgehead atoms. The second kappa shape index (κ2) is 17.8. The molecule has 5 rings (SSSR count). The molecule has 2 aromatic heterocycles. The fraction of sp³-hybridized carbons (Fsp3) is 0.282. The molecule has 0 fully saturated rings. The van der Waals surface area contributed by atoms with Gasteiger partial charge in [-0.2, -0.15) is 0 Å². The molecule has 0 aliphatic heterocycles. The highest BCUT2D eigenvalue weighted by Gasteiger charge is 2.12. The number of rotatable bonds is 18. The van der Waals surface area contributed by atoms with Gasteiger partial charge in [0.25, 0.3) is 0 Å². The number of nitrogens with zero attached hydrogens (tertiary/aromatic N) is 5. The largest absolute Gasteiger partial charge is 0.489 e. The van der Waals surface area contributed by atoms with Crippen molar-refractivity contribution in [3.8, 4) is 5.75 Å². The van der Waals surface area contributed by atoms with E-state index >= 15 is 0 Å². The number of likely N-dealkylation sites (N-methyl/N-ethyl adjacent to an activating group) is 2. The number of ether oxygens (including phenoxy) is 1. The lowest BCUT2D eigenvalue weighted by molar-refractivity contribution is 0.173. The molecule has 8 heteroatoms. The molecule has 0 aliphatic rings. The minimum absolute atomic E-state index is 0.450. The van der Waals surface area contributed by atoms with E-state index in [0.29, 0.717) is 19.7 Å². The van der Waals surface area contributed by atoms with E-state index in [1.807, 2.05) is 103 Å². The minimum Gasteiger partial charge on any atom is -0.489 e. The van der Waals surface area contributed by atoms with Crippen LogP contribution in [-0.2, 0) is 19.7 Å². The summed E-state index contributed by atoms with van der Waals surface area (Å²) in [5.74, 6) is 2.70. The molecule has 3 aromatic carbocycles. The van der Waals surface area contributed by atoms with Gasteiger partial charge in [0, 0.05) is 72.3 Å². The maximum Gasteiger partial charge on any atom is 0.128 e. The highest BCUT2D eigenvalue weighted by molar-refractivity contribution is 5.37. The summed E-state index contributed by atoms with van der Waals surface area (Å²) < 4.78 is 5.94. The second-order valence-corrected chi connectivity index (χ2v) is 11.8. The van der Waals surface area contributed by atoms with E-state index in [0.717, 1.165) is 61.2 Å². The SMILES string of the molecule is CN(CCN(CCN(C)c1ccccn1)Cc1ccc(CNCC(O)c2cccc(OCc3ccccc3)c2)cc1)c1ccccn1. The van der Waals surface area contributed by atoms with Crippen LogP contribution in [0.1, 0.15) is 28.4 Å². The van der Waals surface area contributed by atoms with Crippen molar-refractivity contribution in [3.05, 3.63) is 150 Å². The number of nitrogens with one attached hydrogen (secondary N) is 1. The van der Waals surface area contributed by atoms with Crippen molar-refractivity contribution in [1.29, 1.82) is 0 Å². The molecule has 0 spiro atoms. The molecule has 0 radical (unpaired) electrons. The van der Waals surface area contributed by atoms with Gasteiger partial charge in [0.15, 0.2) is 0 Å². The zero-order valence-electron chi connectivity index (χ0n) is 27.5. The number of hydrogen-bond donors (Lipinski definition) is 2. The Morgan fingerprint density at radius 3 is 1.89 bits per heavy atom. The molecule has 47 heavy (non-hydrogen) atoms. The lowest BCUT2D eigenvalue weighted by Gasteiger charge is -2.28. The zero-order valence-corrected chi connectivity index (χ0v) is 27.5. The summed E-state index contributed by atoms with van der Waals surface area (Å²) in [4.78, 5) is 15.9. The predicted molar refractivity (Wildman–Crippen MR) is 191 cm³/mol. The minimum atomic E-state index is -0.628. The van der Waals surface area contributed by atoms with Crippen molar-refractivity contribution in [1.82, 2.24) is 20.2 Å². The Labute approximate surface area is 279 Å². The third kappa shape index (κ3) is 10.9. The molecule has 0 saturated heterocycles. The van der Waals surface area contributed by atoms with Gasteiger partial charge in [-0.05, 0) is 58.7 Å². The topological polar surface area (TPSA) is 77.0 Å². The van der Waals surface area contributed by atoms with Crippen molar-refractivity contribution in [2.45, 2.75) is 25.8 Å². The van der Waals surface area contributed by atoms with Gasteiger partial charge in [0.1, 0.15) is 24.0 Å². The summed E-state index contributed by atoms with van der Waals surface area (Å²) in [5, 5.41) is 14.2. The van der Waals surface area contributed by atoms with Crippen molar-refractivity contribution >= 4 is 11.6 Å². The Morgan fingerprint density at radius 2 is 1.28 bits per heavy atom. The number of anilines is 2. The number of aromatic nitrogens is 2. The number of benzene rings is 3. The number of aliphatic hydroxyl groups is 1. The molecule has 0 saturated carbocycles. The number of aliphatic hydroxyl groups excluding tert-OH is 1. The van der Waals surface area contributed by atoms with E-state index in [4.69, 9.17) is 4.74 Å². The zero-order chi connectivity index (χ0) is 32.7. The first kappa shape index (κ1) is 33.6. The third-order valence-electron chi connectivity index (χ3n) is 8.17. The summed E-state index contributed by atoms with van der Waals surface area (Å²) >= 11 is 0. The summed E-state index contributed by atoms with van der Waals surface area (Å²) in [7, 11) is 4.19. The van der Waals surface area contributed by atoms with Gasteiger partial charge < -0.3 is 25.0 Å². The van der Waals surface area contributed by atoms with E-state index < -0.39 is 6.10 Å². The smallest absolute Gasteiger partial charge is 0.128 e. The normalized spacial score (nSPS) is 11.7. The molecule has 0 amide bonds. The van der Waals surface area contributed by atoms with Crippen LogP contribution in [0.2, 0.25) is 0 Å². The van der Waals surface area contributed by atoms with E-state index in [9.17, 15) is 5.11 Å². The van der Waals surface area contributed by atoms with Crippen LogP contribution >= 0.6 is 0 Å². The van der Waals surface area contributed by atoms with Crippen molar-refractivity contribution in [3.63, 3.8) is 0 Å². The van der Waals surface area contributed by atoms with Crippen LogP contribution in [-0.4, -0.2) is 66.8 Å². The van der Waals surface area contributed by atoms with Crippen LogP contribution in [0.3, 0.4) is 0 Å². The molecule has 1 unspecified atom stereocenters. The maximum atomic E-state index is 10.8. The Balaban J connectivity index is 1.11. The van der Waals surface area contributed by atoms with Crippen LogP contribution in [0.4, 0.5) is 11.6 Å². The fourth-order valence-electron chi connectivity index (χ4n) is 5.29. The van der Waals surface area contributed by atoms with Gasteiger partial charge in [0.05, 0.1) is 6.10 Å². The molecule has 0 aliphatic carbocycles. The second-order valence-electron chi connectivity index (χ2n) is 11.8. The summed E-state index contributed by atoms with van der Waals surface area (Å²) in [6.07, 6.45) is 3.04.